The van der Waals surface area contributed by atoms with Crippen LogP contribution in [-0.4, -0.2) is 30.7 Å². The van der Waals surface area contributed by atoms with E-state index in [0.29, 0.717) is 12.4 Å². The van der Waals surface area contributed by atoms with E-state index in [1.165, 1.54) is 0 Å². The second-order valence-corrected chi connectivity index (χ2v) is 3.75. The van der Waals surface area contributed by atoms with E-state index >= 15 is 0 Å². The zero-order chi connectivity index (χ0) is 10.7. The van der Waals surface area contributed by atoms with Gasteiger partial charge in [-0.2, -0.15) is 5.10 Å². The van der Waals surface area contributed by atoms with Gasteiger partial charge in [0.1, 0.15) is 0 Å². The standard InChI is InChI=1S/C9H12ClN5/c1-14-5-8(4-11-14)6-15-7-9(2-3-10)12-13-15/h4-5,7H,2-3,6H2,1H3. The molecule has 0 aromatic carbocycles. The van der Waals surface area contributed by atoms with Gasteiger partial charge >= 0.3 is 0 Å². The first-order valence-electron chi connectivity index (χ1n) is 4.70. The highest BCUT2D eigenvalue weighted by Gasteiger charge is 2.02. The molecule has 0 aliphatic heterocycles. The van der Waals surface area contributed by atoms with Crippen LogP contribution in [0.2, 0.25) is 0 Å². The number of hydrogen-bond donors (Lipinski definition) is 0. The third-order valence-electron chi connectivity index (χ3n) is 2.04. The molecule has 80 valence electrons. The SMILES string of the molecule is Cn1cc(Cn2cc(CCCl)nn2)cn1. The fraction of sp³-hybridized carbons (Fsp3) is 0.444. The highest BCUT2D eigenvalue weighted by atomic mass is 35.5. The van der Waals surface area contributed by atoms with Crippen LogP contribution in [0.5, 0.6) is 0 Å². The van der Waals surface area contributed by atoms with Crippen molar-refractivity contribution in [3.05, 3.63) is 29.8 Å². The van der Waals surface area contributed by atoms with Gasteiger partial charge in [0.05, 0.1) is 18.4 Å². The Morgan fingerprint density at radius 3 is 2.93 bits per heavy atom. The van der Waals surface area contributed by atoms with Crippen molar-refractivity contribution >= 4 is 11.6 Å². The molecule has 0 aliphatic rings. The predicted octanol–water partition coefficient (Wildman–Crippen LogP) is 0.841. The van der Waals surface area contributed by atoms with Crippen LogP contribution in [0.15, 0.2) is 18.6 Å². The van der Waals surface area contributed by atoms with Crippen molar-refractivity contribution in [3.8, 4) is 0 Å². The van der Waals surface area contributed by atoms with Crippen molar-refractivity contribution in [1.29, 1.82) is 0 Å². The van der Waals surface area contributed by atoms with E-state index in [9.17, 15) is 0 Å². The van der Waals surface area contributed by atoms with Crippen molar-refractivity contribution < 1.29 is 0 Å². The fourth-order valence-electron chi connectivity index (χ4n) is 1.37. The minimum atomic E-state index is 0.575. The summed E-state index contributed by atoms with van der Waals surface area (Å²) in [5, 5.41) is 12.1. The highest BCUT2D eigenvalue weighted by molar-refractivity contribution is 6.17. The summed E-state index contributed by atoms with van der Waals surface area (Å²) < 4.78 is 3.56. The number of nitrogens with zero attached hydrogens (tertiary/aromatic N) is 5. The van der Waals surface area contributed by atoms with Gasteiger partial charge in [0, 0.05) is 37.3 Å². The lowest BCUT2D eigenvalue weighted by atomic mass is 10.3. The molecule has 0 fully saturated rings. The second-order valence-electron chi connectivity index (χ2n) is 3.37. The van der Waals surface area contributed by atoms with E-state index in [2.05, 4.69) is 15.4 Å². The Hall–Kier alpha value is -1.36. The molecule has 0 N–H and O–H groups in total. The van der Waals surface area contributed by atoms with Crippen LogP contribution < -0.4 is 0 Å². The number of rotatable bonds is 4. The maximum atomic E-state index is 5.62. The molecule has 0 saturated heterocycles. The van der Waals surface area contributed by atoms with Gasteiger partial charge in [0.15, 0.2) is 0 Å². The van der Waals surface area contributed by atoms with Crippen LogP contribution in [0.1, 0.15) is 11.3 Å². The summed E-state index contributed by atoms with van der Waals surface area (Å²) in [5.41, 5.74) is 2.04. The first kappa shape index (κ1) is 10.2. The quantitative estimate of drug-likeness (QED) is 0.725. The molecular formula is C9H12ClN5. The van der Waals surface area contributed by atoms with Gasteiger partial charge in [-0.05, 0) is 0 Å². The first-order chi connectivity index (χ1) is 7.28. The van der Waals surface area contributed by atoms with Gasteiger partial charge in [-0.1, -0.05) is 5.21 Å². The average Bonchev–Trinajstić information content (AvgIpc) is 2.78. The van der Waals surface area contributed by atoms with Gasteiger partial charge in [0.2, 0.25) is 0 Å². The van der Waals surface area contributed by atoms with Gasteiger partial charge in [-0.3, -0.25) is 4.68 Å². The molecule has 15 heavy (non-hydrogen) atoms. The summed E-state index contributed by atoms with van der Waals surface area (Å²) in [4.78, 5) is 0. The van der Waals surface area contributed by atoms with E-state index < -0.39 is 0 Å². The molecule has 0 bridgehead atoms. The van der Waals surface area contributed by atoms with E-state index in [4.69, 9.17) is 11.6 Å². The summed E-state index contributed by atoms with van der Waals surface area (Å²) in [5.74, 6) is 0.575. The van der Waals surface area contributed by atoms with Crippen molar-refractivity contribution in [1.82, 2.24) is 24.8 Å². The summed E-state index contributed by atoms with van der Waals surface area (Å²) in [7, 11) is 1.89. The molecule has 2 heterocycles. The van der Waals surface area contributed by atoms with Crippen LogP contribution in [-0.2, 0) is 20.0 Å². The molecule has 2 aromatic heterocycles. The molecule has 2 aromatic rings. The Balaban J connectivity index is 2.04. The summed E-state index contributed by atoms with van der Waals surface area (Å²) >= 11 is 5.62. The lowest BCUT2D eigenvalue weighted by Crippen LogP contribution is -1.99. The smallest absolute Gasteiger partial charge is 0.0839 e. The third kappa shape index (κ3) is 2.56. The van der Waals surface area contributed by atoms with E-state index in [1.54, 1.807) is 9.36 Å². The van der Waals surface area contributed by atoms with Crippen molar-refractivity contribution in [3.63, 3.8) is 0 Å². The van der Waals surface area contributed by atoms with Gasteiger partial charge in [-0.25, -0.2) is 4.68 Å². The second kappa shape index (κ2) is 4.44. The van der Waals surface area contributed by atoms with Crippen LogP contribution in [0.25, 0.3) is 0 Å². The number of aryl methyl sites for hydroxylation is 2. The van der Waals surface area contributed by atoms with E-state index in [0.717, 1.165) is 17.7 Å². The Morgan fingerprint density at radius 2 is 2.27 bits per heavy atom. The van der Waals surface area contributed by atoms with Crippen molar-refractivity contribution in [2.45, 2.75) is 13.0 Å². The van der Waals surface area contributed by atoms with Crippen LogP contribution >= 0.6 is 11.6 Å². The summed E-state index contributed by atoms with van der Waals surface area (Å²) in [6.45, 7) is 0.698. The number of alkyl halides is 1. The van der Waals surface area contributed by atoms with Crippen LogP contribution in [0.3, 0.4) is 0 Å². The van der Waals surface area contributed by atoms with Crippen molar-refractivity contribution in [2.75, 3.05) is 5.88 Å². The minimum Gasteiger partial charge on any atom is -0.275 e. The normalized spacial score (nSPS) is 10.8. The van der Waals surface area contributed by atoms with E-state index in [-0.39, 0.29) is 0 Å². The Bertz CT molecular complexity index is 433. The molecule has 0 saturated carbocycles. The number of aromatic nitrogens is 5. The van der Waals surface area contributed by atoms with Gasteiger partial charge in [-0.15, -0.1) is 16.7 Å². The lowest BCUT2D eigenvalue weighted by molar-refractivity contribution is 0.648. The fourth-order valence-corrected chi connectivity index (χ4v) is 1.56. The van der Waals surface area contributed by atoms with E-state index in [1.807, 2.05) is 25.6 Å². The topological polar surface area (TPSA) is 48.5 Å². The van der Waals surface area contributed by atoms with Gasteiger partial charge < -0.3 is 0 Å². The number of halogens is 1. The predicted molar refractivity (Wildman–Crippen MR) is 56.8 cm³/mol. The van der Waals surface area contributed by atoms with Crippen LogP contribution in [0.4, 0.5) is 0 Å². The Labute approximate surface area is 92.7 Å². The zero-order valence-electron chi connectivity index (χ0n) is 8.47. The van der Waals surface area contributed by atoms with Gasteiger partial charge in [0.25, 0.3) is 0 Å². The maximum absolute atomic E-state index is 5.62. The maximum Gasteiger partial charge on any atom is 0.0839 e. The molecule has 0 unspecified atom stereocenters. The van der Waals surface area contributed by atoms with Crippen LogP contribution in [0, 0.1) is 0 Å². The third-order valence-corrected chi connectivity index (χ3v) is 2.23. The first-order valence-corrected chi connectivity index (χ1v) is 5.24. The molecule has 6 heteroatoms. The molecule has 0 radical (unpaired) electrons. The molecule has 0 atom stereocenters. The average molecular weight is 226 g/mol. The highest BCUT2D eigenvalue weighted by Crippen LogP contribution is 2.01. The molecule has 5 nitrogen and oxygen atoms in total. The number of hydrogen-bond acceptors (Lipinski definition) is 3. The Kier molecular flexibility index (Phi) is 3.01. The molecular weight excluding hydrogens is 214 g/mol. The summed E-state index contributed by atoms with van der Waals surface area (Å²) in [6.07, 6.45) is 6.45. The lowest BCUT2D eigenvalue weighted by Gasteiger charge is -1.94. The minimum absolute atomic E-state index is 0.575. The largest absolute Gasteiger partial charge is 0.275 e. The molecule has 0 aliphatic carbocycles. The molecule has 2 rings (SSSR count). The van der Waals surface area contributed by atoms with Crippen molar-refractivity contribution in [2.24, 2.45) is 7.05 Å². The summed E-state index contributed by atoms with van der Waals surface area (Å²) in [6, 6.07) is 0. The monoisotopic (exact) mass is 225 g/mol. The zero-order valence-corrected chi connectivity index (χ0v) is 9.22. The molecule has 0 spiro atoms. The molecule has 0 amide bonds. The Morgan fingerprint density at radius 1 is 1.40 bits per heavy atom.